The first kappa shape index (κ1) is 22.1. The number of Topliss-reactive ketones (excluding diaryl/α,β-unsaturated/α-hetero) is 1. The fourth-order valence-corrected chi connectivity index (χ4v) is 3.83. The molecule has 154 valence electrons. The van der Waals surface area contributed by atoms with Gasteiger partial charge < -0.3 is 9.64 Å². The molecule has 1 aliphatic rings. The van der Waals surface area contributed by atoms with Crippen LogP contribution < -0.4 is 0 Å². The Morgan fingerprint density at radius 2 is 1.57 bits per heavy atom. The zero-order valence-corrected chi connectivity index (χ0v) is 17.0. The smallest absolute Gasteiger partial charge is 0.307 e. The molecule has 0 saturated heterocycles. The number of carbonyl (C=O) groups excluding carboxylic acids is 3. The highest BCUT2D eigenvalue weighted by molar-refractivity contribution is 5.97. The minimum absolute atomic E-state index is 0.0167. The summed E-state index contributed by atoms with van der Waals surface area (Å²) in [5.74, 6) is -0.317. The molecule has 1 aliphatic carbocycles. The molecule has 0 bridgehead atoms. The lowest BCUT2D eigenvalue weighted by Gasteiger charge is -2.33. The van der Waals surface area contributed by atoms with Crippen LogP contribution in [0.4, 0.5) is 0 Å². The molecule has 1 aromatic rings. The van der Waals surface area contributed by atoms with Gasteiger partial charge in [-0.1, -0.05) is 62.4 Å². The van der Waals surface area contributed by atoms with E-state index < -0.39 is 0 Å². The molecule has 0 aliphatic heterocycles. The monoisotopic (exact) mass is 387 g/mol. The van der Waals surface area contributed by atoms with E-state index in [-0.39, 0.29) is 43.0 Å². The topological polar surface area (TPSA) is 63.7 Å². The number of amides is 1. The third-order valence-corrected chi connectivity index (χ3v) is 5.36. The number of carbonyl (C=O) groups is 3. The van der Waals surface area contributed by atoms with Gasteiger partial charge in [-0.3, -0.25) is 14.4 Å². The van der Waals surface area contributed by atoms with Crippen LogP contribution in [0.15, 0.2) is 30.3 Å². The van der Waals surface area contributed by atoms with Crippen molar-refractivity contribution < 1.29 is 19.1 Å². The standard InChI is InChI=1S/C23H33NO4/c1-2-28-23(27)17-18-24(20-13-9-4-3-5-10-14-20)22(26)16-15-21(25)19-11-7-6-8-12-19/h6-8,11-12,20H,2-5,9-10,13-18H2,1H3. The van der Waals surface area contributed by atoms with Crippen LogP contribution in [0, 0.1) is 0 Å². The second-order valence-electron chi connectivity index (χ2n) is 7.43. The Labute approximate surface area is 168 Å². The van der Waals surface area contributed by atoms with E-state index in [2.05, 4.69) is 0 Å². The normalized spacial score (nSPS) is 15.3. The minimum atomic E-state index is -0.272. The van der Waals surface area contributed by atoms with E-state index in [1.807, 2.05) is 23.1 Å². The lowest BCUT2D eigenvalue weighted by Crippen LogP contribution is -2.42. The van der Waals surface area contributed by atoms with Crippen molar-refractivity contribution in [1.82, 2.24) is 4.90 Å². The Morgan fingerprint density at radius 3 is 2.21 bits per heavy atom. The summed E-state index contributed by atoms with van der Waals surface area (Å²) in [7, 11) is 0. The van der Waals surface area contributed by atoms with Crippen LogP contribution in [0.25, 0.3) is 0 Å². The quantitative estimate of drug-likeness (QED) is 0.461. The molecule has 5 nitrogen and oxygen atoms in total. The predicted molar refractivity (Wildman–Crippen MR) is 109 cm³/mol. The van der Waals surface area contributed by atoms with Crippen LogP contribution in [-0.4, -0.2) is 41.8 Å². The van der Waals surface area contributed by atoms with E-state index in [9.17, 15) is 14.4 Å². The van der Waals surface area contributed by atoms with Crippen LogP contribution in [0.1, 0.15) is 81.5 Å². The Morgan fingerprint density at radius 1 is 0.929 bits per heavy atom. The maximum Gasteiger partial charge on any atom is 0.307 e. The molecule has 1 amide bonds. The van der Waals surface area contributed by atoms with E-state index in [4.69, 9.17) is 4.74 Å². The van der Waals surface area contributed by atoms with Crippen LogP contribution >= 0.6 is 0 Å². The third kappa shape index (κ3) is 7.45. The lowest BCUT2D eigenvalue weighted by atomic mass is 9.95. The molecule has 1 fully saturated rings. The highest BCUT2D eigenvalue weighted by Crippen LogP contribution is 2.23. The Balaban J connectivity index is 1.98. The summed E-state index contributed by atoms with van der Waals surface area (Å²) in [4.78, 5) is 39.0. The highest BCUT2D eigenvalue weighted by Gasteiger charge is 2.25. The summed E-state index contributed by atoms with van der Waals surface area (Å²) in [6.07, 6.45) is 8.41. The summed E-state index contributed by atoms with van der Waals surface area (Å²) in [5.41, 5.74) is 0.638. The summed E-state index contributed by atoms with van der Waals surface area (Å²) in [6, 6.07) is 9.24. The zero-order chi connectivity index (χ0) is 20.2. The molecule has 28 heavy (non-hydrogen) atoms. The number of ether oxygens (including phenoxy) is 1. The SMILES string of the molecule is CCOC(=O)CCN(C(=O)CCC(=O)c1ccccc1)C1CCCCCCC1. The van der Waals surface area contributed by atoms with E-state index >= 15 is 0 Å². The molecular formula is C23H33NO4. The van der Waals surface area contributed by atoms with Gasteiger partial charge in [-0.25, -0.2) is 0 Å². The third-order valence-electron chi connectivity index (χ3n) is 5.36. The van der Waals surface area contributed by atoms with E-state index in [1.54, 1.807) is 19.1 Å². The van der Waals surface area contributed by atoms with Gasteiger partial charge in [0.15, 0.2) is 5.78 Å². The predicted octanol–water partition coefficient (Wildman–Crippen LogP) is 4.54. The molecule has 0 heterocycles. The minimum Gasteiger partial charge on any atom is -0.466 e. The van der Waals surface area contributed by atoms with E-state index in [1.165, 1.54) is 19.3 Å². The molecule has 0 atom stereocenters. The van der Waals surface area contributed by atoms with Gasteiger partial charge in [-0.2, -0.15) is 0 Å². The van der Waals surface area contributed by atoms with Gasteiger partial charge in [0.1, 0.15) is 0 Å². The molecule has 0 N–H and O–H groups in total. The Hall–Kier alpha value is -2.17. The first-order chi connectivity index (χ1) is 13.6. The highest BCUT2D eigenvalue weighted by atomic mass is 16.5. The van der Waals surface area contributed by atoms with Crippen LogP contribution in [0.5, 0.6) is 0 Å². The van der Waals surface area contributed by atoms with Crippen molar-refractivity contribution in [2.75, 3.05) is 13.2 Å². The number of hydrogen-bond acceptors (Lipinski definition) is 4. The molecule has 2 rings (SSSR count). The van der Waals surface area contributed by atoms with Gasteiger partial charge in [0.25, 0.3) is 0 Å². The molecule has 1 aromatic carbocycles. The second kappa shape index (κ2) is 12.3. The fourth-order valence-electron chi connectivity index (χ4n) is 3.83. The molecule has 1 saturated carbocycles. The maximum absolute atomic E-state index is 13.0. The van der Waals surface area contributed by atoms with Crippen molar-refractivity contribution in [1.29, 1.82) is 0 Å². The number of rotatable bonds is 9. The number of benzene rings is 1. The first-order valence-electron chi connectivity index (χ1n) is 10.6. The Kier molecular flexibility index (Phi) is 9.73. The summed E-state index contributed by atoms with van der Waals surface area (Å²) >= 11 is 0. The average molecular weight is 388 g/mol. The van der Waals surface area contributed by atoms with Crippen molar-refractivity contribution >= 4 is 17.7 Å². The summed E-state index contributed by atoms with van der Waals surface area (Å²) < 4.78 is 5.03. The molecule has 0 radical (unpaired) electrons. The number of esters is 1. The van der Waals surface area contributed by atoms with Crippen molar-refractivity contribution in [3.63, 3.8) is 0 Å². The number of ketones is 1. The fraction of sp³-hybridized carbons (Fsp3) is 0.609. The Bertz CT molecular complexity index is 621. The zero-order valence-electron chi connectivity index (χ0n) is 17.0. The van der Waals surface area contributed by atoms with Crippen molar-refractivity contribution in [3.05, 3.63) is 35.9 Å². The number of hydrogen-bond donors (Lipinski definition) is 0. The van der Waals surface area contributed by atoms with Crippen molar-refractivity contribution in [2.24, 2.45) is 0 Å². The van der Waals surface area contributed by atoms with E-state index in [0.29, 0.717) is 18.7 Å². The largest absolute Gasteiger partial charge is 0.466 e. The van der Waals surface area contributed by atoms with Gasteiger partial charge in [-0.05, 0) is 19.8 Å². The molecular weight excluding hydrogens is 354 g/mol. The number of nitrogens with zero attached hydrogens (tertiary/aromatic N) is 1. The van der Waals surface area contributed by atoms with Crippen LogP contribution in [-0.2, 0) is 14.3 Å². The molecule has 0 unspecified atom stereocenters. The summed E-state index contributed by atoms with van der Waals surface area (Å²) in [5, 5.41) is 0. The molecule has 0 spiro atoms. The van der Waals surface area contributed by atoms with Crippen molar-refractivity contribution in [2.45, 2.75) is 77.2 Å². The van der Waals surface area contributed by atoms with Crippen LogP contribution in [0.3, 0.4) is 0 Å². The molecule has 5 heteroatoms. The first-order valence-corrected chi connectivity index (χ1v) is 10.6. The maximum atomic E-state index is 13.0. The average Bonchev–Trinajstić information content (AvgIpc) is 2.68. The van der Waals surface area contributed by atoms with Gasteiger partial charge in [0, 0.05) is 31.0 Å². The van der Waals surface area contributed by atoms with Gasteiger partial charge >= 0.3 is 5.97 Å². The van der Waals surface area contributed by atoms with Gasteiger partial charge in [-0.15, -0.1) is 0 Å². The lowest BCUT2D eigenvalue weighted by molar-refractivity contribution is -0.144. The van der Waals surface area contributed by atoms with Crippen LogP contribution in [0.2, 0.25) is 0 Å². The van der Waals surface area contributed by atoms with Crippen molar-refractivity contribution in [3.8, 4) is 0 Å². The second-order valence-corrected chi connectivity index (χ2v) is 7.43. The van der Waals surface area contributed by atoms with E-state index in [0.717, 1.165) is 25.7 Å². The summed E-state index contributed by atoms with van der Waals surface area (Å²) in [6.45, 7) is 2.51. The van der Waals surface area contributed by atoms with Gasteiger partial charge in [0.2, 0.25) is 5.91 Å². The molecule has 0 aromatic heterocycles. The van der Waals surface area contributed by atoms with Gasteiger partial charge in [0.05, 0.1) is 13.0 Å².